The molecule has 0 aromatic carbocycles. The van der Waals surface area contributed by atoms with Crippen LogP contribution in [0.1, 0.15) is 25.5 Å². The van der Waals surface area contributed by atoms with Gasteiger partial charge in [0.05, 0.1) is 17.1 Å². The molecule has 3 rings (SSSR count). The Morgan fingerprint density at radius 3 is 2.88 bits per heavy atom. The van der Waals surface area contributed by atoms with Crippen molar-refractivity contribution in [3.8, 4) is 0 Å². The fourth-order valence-corrected chi connectivity index (χ4v) is 2.32. The van der Waals surface area contributed by atoms with Crippen LogP contribution in [-0.4, -0.2) is 25.8 Å². The third-order valence-electron chi connectivity index (χ3n) is 3.41. The van der Waals surface area contributed by atoms with Crippen LogP contribution in [0.5, 0.6) is 0 Å². The second-order valence-electron chi connectivity index (χ2n) is 5.30. The number of fused-ring (bicyclic) bond motifs is 1. The zero-order valence-corrected chi connectivity index (χ0v) is 13.2. The van der Waals surface area contributed by atoms with Gasteiger partial charge >= 0.3 is 0 Å². The molecular formula is C16H16N6O2. The summed E-state index contributed by atoms with van der Waals surface area (Å²) in [6.07, 6.45) is 3.20. The fraction of sp³-hybridized carbons (Fsp3) is 0.188. The Kier molecular flexibility index (Phi) is 4.19. The summed E-state index contributed by atoms with van der Waals surface area (Å²) >= 11 is 0. The van der Waals surface area contributed by atoms with Crippen molar-refractivity contribution in [1.82, 2.24) is 19.9 Å². The van der Waals surface area contributed by atoms with Gasteiger partial charge in [-0.3, -0.25) is 14.6 Å². The van der Waals surface area contributed by atoms with Crippen LogP contribution >= 0.6 is 0 Å². The smallest absolute Gasteiger partial charge is 0.253 e. The van der Waals surface area contributed by atoms with Crippen LogP contribution in [0.15, 0.2) is 41.5 Å². The summed E-state index contributed by atoms with van der Waals surface area (Å²) in [4.78, 5) is 38.7. The summed E-state index contributed by atoms with van der Waals surface area (Å²) in [5.41, 5.74) is 1.71. The van der Waals surface area contributed by atoms with Crippen LogP contribution in [-0.2, 0) is 4.79 Å². The van der Waals surface area contributed by atoms with Crippen molar-refractivity contribution < 1.29 is 4.79 Å². The molecule has 3 aromatic heterocycles. The fourth-order valence-electron chi connectivity index (χ4n) is 2.32. The minimum Gasteiger partial charge on any atom is -0.347 e. The Labute approximate surface area is 137 Å². The van der Waals surface area contributed by atoms with Crippen LogP contribution in [0.3, 0.4) is 0 Å². The first-order chi connectivity index (χ1) is 11.5. The number of anilines is 2. The summed E-state index contributed by atoms with van der Waals surface area (Å²) < 4.78 is 0. The summed E-state index contributed by atoms with van der Waals surface area (Å²) in [5.74, 6) is 0.486. The lowest BCUT2D eigenvalue weighted by atomic mass is 10.1. The van der Waals surface area contributed by atoms with Gasteiger partial charge in [0.2, 0.25) is 11.9 Å². The second-order valence-corrected chi connectivity index (χ2v) is 5.30. The lowest BCUT2D eigenvalue weighted by molar-refractivity contribution is -0.114. The highest BCUT2D eigenvalue weighted by atomic mass is 16.1. The van der Waals surface area contributed by atoms with E-state index in [-0.39, 0.29) is 17.5 Å². The van der Waals surface area contributed by atoms with E-state index in [1.165, 1.54) is 13.1 Å². The maximum atomic E-state index is 12.3. The normalized spacial score (nSPS) is 11.9. The van der Waals surface area contributed by atoms with Gasteiger partial charge in [-0.15, -0.1) is 0 Å². The highest BCUT2D eigenvalue weighted by molar-refractivity contribution is 5.87. The summed E-state index contributed by atoms with van der Waals surface area (Å²) in [6.45, 7) is 3.23. The van der Waals surface area contributed by atoms with Crippen LogP contribution in [0.4, 0.5) is 11.8 Å². The van der Waals surface area contributed by atoms with E-state index >= 15 is 0 Å². The lowest BCUT2D eigenvalue weighted by Gasteiger charge is -2.14. The molecule has 122 valence electrons. The number of carbonyl (C=O) groups excluding carboxylic acids is 1. The predicted octanol–water partition coefficient (Wildman–Crippen LogP) is 1.84. The van der Waals surface area contributed by atoms with Crippen LogP contribution < -0.4 is 16.2 Å². The molecule has 3 heterocycles. The number of hydrogen-bond donors (Lipinski definition) is 3. The van der Waals surface area contributed by atoms with E-state index in [0.29, 0.717) is 28.4 Å². The summed E-state index contributed by atoms with van der Waals surface area (Å²) in [7, 11) is 0. The SMILES string of the molecule is CC(=O)Nc1ccnc(N[C@@H](C)c2cc3ncccc3[nH]c2=O)n1. The number of nitrogens with zero attached hydrogens (tertiary/aromatic N) is 3. The van der Waals surface area contributed by atoms with Crippen molar-refractivity contribution in [3.63, 3.8) is 0 Å². The summed E-state index contributed by atoms with van der Waals surface area (Å²) in [6, 6.07) is 6.55. The molecule has 0 saturated carbocycles. The van der Waals surface area contributed by atoms with Gasteiger partial charge in [0, 0.05) is 24.9 Å². The zero-order chi connectivity index (χ0) is 17.1. The van der Waals surface area contributed by atoms with E-state index in [2.05, 4.69) is 30.6 Å². The Bertz CT molecular complexity index is 952. The quantitative estimate of drug-likeness (QED) is 0.675. The number of rotatable bonds is 4. The number of aromatic amines is 1. The molecule has 8 nitrogen and oxygen atoms in total. The van der Waals surface area contributed by atoms with Crippen molar-refractivity contribution >= 4 is 28.7 Å². The lowest BCUT2D eigenvalue weighted by Crippen LogP contribution is -2.20. The molecule has 1 amide bonds. The molecule has 0 aliphatic heterocycles. The Morgan fingerprint density at radius 2 is 2.08 bits per heavy atom. The zero-order valence-electron chi connectivity index (χ0n) is 13.2. The number of amides is 1. The Hall–Kier alpha value is -3.29. The first-order valence-corrected chi connectivity index (χ1v) is 7.38. The number of nitrogens with one attached hydrogen (secondary N) is 3. The summed E-state index contributed by atoms with van der Waals surface area (Å²) in [5, 5.41) is 5.64. The second kappa shape index (κ2) is 6.45. The van der Waals surface area contributed by atoms with Gasteiger partial charge in [-0.1, -0.05) is 0 Å². The molecule has 8 heteroatoms. The Balaban J connectivity index is 1.87. The van der Waals surface area contributed by atoms with Crippen molar-refractivity contribution in [3.05, 3.63) is 52.6 Å². The van der Waals surface area contributed by atoms with E-state index in [9.17, 15) is 9.59 Å². The van der Waals surface area contributed by atoms with Gasteiger partial charge in [-0.25, -0.2) is 4.98 Å². The molecule has 0 unspecified atom stereocenters. The molecule has 0 bridgehead atoms. The molecule has 24 heavy (non-hydrogen) atoms. The first kappa shape index (κ1) is 15.6. The molecule has 0 radical (unpaired) electrons. The average molecular weight is 324 g/mol. The molecule has 0 aliphatic rings. The molecule has 3 N–H and O–H groups in total. The third kappa shape index (κ3) is 3.37. The van der Waals surface area contributed by atoms with Gasteiger partial charge in [0.1, 0.15) is 5.82 Å². The van der Waals surface area contributed by atoms with Crippen LogP contribution in [0.25, 0.3) is 11.0 Å². The van der Waals surface area contributed by atoms with Crippen LogP contribution in [0, 0.1) is 0 Å². The average Bonchev–Trinajstić information content (AvgIpc) is 2.53. The standard InChI is InChI=1S/C16H16N6O2/c1-9(19-16-18-7-5-14(22-16)20-10(2)23)11-8-13-12(21-15(11)24)4-3-6-17-13/h3-9H,1-2H3,(H,21,24)(H2,18,19,20,22,23)/t9-/m0/s1. The van der Waals surface area contributed by atoms with Crippen molar-refractivity contribution in [2.24, 2.45) is 0 Å². The number of aromatic nitrogens is 4. The number of carbonyl (C=O) groups is 1. The van der Waals surface area contributed by atoms with Gasteiger partial charge in [-0.05, 0) is 31.2 Å². The number of hydrogen-bond acceptors (Lipinski definition) is 6. The molecule has 0 spiro atoms. The monoisotopic (exact) mass is 324 g/mol. The van der Waals surface area contributed by atoms with E-state index in [1.807, 2.05) is 6.92 Å². The first-order valence-electron chi connectivity index (χ1n) is 7.38. The number of pyridine rings is 2. The predicted molar refractivity (Wildman–Crippen MR) is 90.7 cm³/mol. The molecule has 0 saturated heterocycles. The maximum absolute atomic E-state index is 12.3. The van der Waals surface area contributed by atoms with E-state index in [4.69, 9.17) is 0 Å². The molecule has 1 atom stereocenters. The van der Waals surface area contributed by atoms with E-state index < -0.39 is 0 Å². The molecular weight excluding hydrogens is 308 g/mol. The maximum Gasteiger partial charge on any atom is 0.253 e. The Morgan fingerprint density at radius 1 is 1.25 bits per heavy atom. The van der Waals surface area contributed by atoms with Gasteiger partial charge in [0.15, 0.2) is 0 Å². The van der Waals surface area contributed by atoms with Gasteiger partial charge in [-0.2, -0.15) is 4.98 Å². The largest absolute Gasteiger partial charge is 0.347 e. The minimum atomic E-state index is -0.340. The van der Waals surface area contributed by atoms with Gasteiger partial charge in [0.25, 0.3) is 5.56 Å². The van der Waals surface area contributed by atoms with Crippen molar-refractivity contribution in [1.29, 1.82) is 0 Å². The van der Waals surface area contributed by atoms with Crippen LogP contribution in [0.2, 0.25) is 0 Å². The highest BCUT2D eigenvalue weighted by Gasteiger charge is 2.13. The number of H-pyrrole nitrogens is 1. The van der Waals surface area contributed by atoms with Gasteiger partial charge < -0.3 is 15.6 Å². The molecule has 0 aliphatic carbocycles. The highest BCUT2D eigenvalue weighted by Crippen LogP contribution is 2.17. The molecule has 0 fully saturated rings. The molecule has 3 aromatic rings. The topological polar surface area (TPSA) is 113 Å². The third-order valence-corrected chi connectivity index (χ3v) is 3.41. The van der Waals surface area contributed by atoms with Crippen molar-refractivity contribution in [2.75, 3.05) is 10.6 Å². The van der Waals surface area contributed by atoms with Crippen molar-refractivity contribution in [2.45, 2.75) is 19.9 Å². The van der Waals surface area contributed by atoms with E-state index in [1.54, 1.807) is 30.5 Å². The minimum absolute atomic E-state index is 0.200. The van der Waals surface area contributed by atoms with E-state index in [0.717, 1.165) is 0 Å².